The van der Waals surface area contributed by atoms with Gasteiger partial charge in [-0.05, 0) is 31.2 Å². The minimum Gasteiger partial charge on any atom is -0.504 e. The molecule has 1 aromatic carbocycles. The molecular formula is C13H15N3O2. The average molecular weight is 245 g/mol. The van der Waals surface area contributed by atoms with Crippen LogP contribution in [0.4, 0.5) is 0 Å². The van der Waals surface area contributed by atoms with Crippen molar-refractivity contribution in [3.8, 4) is 22.9 Å². The number of aromatic nitrogens is 2. The van der Waals surface area contributed by atoms with Crippen molar-refractivity contribution in [3.63, 3.8) is 0 Å². The summed E-state index contributed by atoms with van der Waals surface area (Å²) in [7, 11) is 0. The average Bonchev–Trinajstić information content (AvgIpc) is 2.32. The Morgan fingerprint density at radius 3 is 2.67 bits per heavy atom. The molecule has 18 heavy (non-hydrogen) atoms. The zero-order valence-electron chi connectivity index (χ0n) is 10.0. The van der Waals surface area contributed by atoms with Gasteiger partial charge in [0.15, 0.2) is 17.3 Å². The Morgan fingerprint density at radius 2 is 2.00 bits per heavy atom. The number of rotatable bonds is 3. The number of phenolic OH excluding ortho intramolecular Hbond substituents is 2. The van der Waals surface area contributed by atoms with E-state index in [1.807, 2.05) is 13.0 Å². The van der Waals surface area contributed by atoms with Crippen LogP contribution in [0.15, 0.2) is 30.5 Å². The van der Waals surface area contributed by atoms with Crippen LogP contribution in [0.5, 0.6) is 11.5 Å². The van der Waals surface area contributed by atoms with E-state index >= 15 is 0 Å². The molecule has 0 aliphatic carbocycles. The van der Waals surface area contributed by atoms with Gasteiger partial charge in [-0.15, -0.1) is 0 Å². The summed E-state index contributed by atoms with van der Waals surface area (Å²) in [4.78, 5) is 8.51. The maximum Gasteiger partial charge on any atom is 0.159 e. The number of aromatic hydroxyl groups is 2. The Balaban J connectivity index is 2.35. The number of nitrogens with two attached hydrogens (primary N) is 1. The van der Waals surface area contributed by atoms with Crippen molar-refractivity contribution >= 4 is 0 Å². The van der Waals surface area contributed by atoms with Gasteiger partial charge in [-0.25, -0.2) is 9.97 Å². The van der Waals surface area contributed by atoms with E-state index in [2.05, 4.69) is 9.97 Å². The molecule has 0 spiro atoms. The lowest BCUT2D eigenvalue weighted by atomic mass is 10.1. The summed E-state index contributed by atoms with van der Waals surface area (Å²) >= 11 is 0. The number of nitrogens with zero attached hydrogens (tertiary/aromatic N) is 2. The van der Waals surface area contributed by atoms with Crippen molar-refractivity contribution in [1.29, 1.82) is 0 Å². The smallest absolute Gasteiger partial charge is 0.159 e. The standard InChI is InChI=1S/C13H15N3O2/c1-8(14)6-10-4-5-15-13(16-10)9-2-3-11(17)12(18)7-9/h2-5,7-8,17-18H,6,14H2,1H3. The zero-order valence-corrected chi connectivity index (χ0v) is 10.0. The second-order valence-corrected chi connectivity index (χ2v) is 4.26. The Morgan fingerprint density at radius 1 is 1.22 bits per heavy atom. The Hall–Kier alpha value is -2.14. The highest BCUT2D eigenvalue weighted by molar-refractivity contribution is 5.60. The largest absolute Gasteiger partial charge is 0.504 e. The third-order valence-electron chi connectivity index (χ3n) is 2.48. The summed E-state index contributed by atoms with van der Waals surface area (Å²) in [5.41, 5.74) is 7.22. The van der Waals surface area contributed by atoms with Crippen LogP contribution in [-0.2, 0) is 6.42 Å². The van der Waals surface area contributed by atoms with E-state index in [1.165, 1.54) is 12.1 Å². The van der Waals surface area contributed by atoms with E-state index in [0.717, 1.165) is 5.69 Å². The molecule has 1 atom stereocenters. The summed E-state index contributed by atoms with van der Waals surface area (Å²) in [5.74, 6) is 0.155. The molecule has 0 aliphatic heterocycles. The van der Waals surface area contributed by atoms with Crippen LogP contribution in [0.3, 0.4) is 0 Å². The molecule has 2 rings (SSSR count). The first-order valence-electron chi connectivity index (χ1n) is 5.66. The van der Waals surface area contributed by atoms with Crippen molar-refractivity contribution in [1.82, 2.24) is 9.97 Å². The van der Waals surface area contributed by atoms with Gasteiger partial charge in [-0.3, -0.25) is 0 Å². The lowest BCUT2D eigenvalue weighted by molar-refractivity contribution is 0.404. The second kappa shape index (κ2) is 5.01. The van der Waals surface area contributed by atoms with Crippen LogP contribution < -0.4 is 5.73 Å². The molecule has 2 aromatic rings. The Kier molecular flexibility index (Phi) is 3.43. The molecule has 1 heterocycles. The predicted octanol–water partition coefficient (Wildman–Crippen LogP) is 1.44. The highest BCUT2D eigenvalue weighted by Crippen LogP contribution is 2.28. The van der Waals surface area contributed by atoms with Crippen LogP contribution in [0.25, 0.3) is 11.4 Å². The van der Waals surface area contributed by atoms with Crippen LogP contribution in [0.1, 0.15) is 12.6 Å². The highest BCUT2D eigenvalue weighted by atomic mass is 16.3. The van der Waals surface area contributed by atoms with Crippen LogP contribution >= 0.6 is 0 Å². The van der Waals surface area contributed by atoms with E-state index in [1.54, 1.807) is 12.3 Å². The van der Waals surface area contributed by atoms with Gasteiger partial charge >= 0.3 is 0 Å². The zero-order chi connectivity index (χ0) is 13.1. The van der Waals surface area contributed by atoms with Gasteiger partial charge in [0.25, 0.3) is 0 Å². The molecule has 0 aliphatic rings. The van der Waals surface area contributed by atoms with Crippen LogP contribution in [0.2, 0.25) is 0 Å². The van der Waals surface area contributed by atoms with Gasteiger partial charge < -0.3 is 15.9 Å². The first-order chi connectivity index (χ1) is 8.56. The molecule has 0 radical (unpaired) electrons. The van der Waals surface area contributed by atoms with E-state index in [9.17, 15) is 10.2 Å². The van der Waals surface area contributed by atoms with E-state index in [4.69, 9.17) is 5.73 Å². The molecule has 0 fully saturated rings. The highest BCUT2D eigenvalue weighted by Gasteiger charge is 2.07. The molecule has 4 N–H and O–H groups in total. The Labute approximate surface area is 105 Å². The predicted molar refractivity (Wildman–Crippen MR) is 68.2 cm³/mol. The van der Waals surface area contributed by atoms with Gasteiger partial charge in [0.2, 0.25) is 0 Å². The molecule has 94 valence electrons. The van der Waals surface area contributed by atoms with Crippen LogP contribution in [-0.4, -0.2) is 26.2 Å². The van der Waals surface area contributed by atoms with Gasteiger partial charge in [-0.1, -0.05) is 0 Å². The summed E-state index contributed by atoms with van der Waals surface area (Å²) in [6, 6.07) is 6.33. The van der Waals surface area contributed by atoms with E-state index in [0.29, 0.717) is 17.8 Å². The van der Waals surface area contributed by atoms with Crippen molar-refractivity contribution in [3.05, 3.63) is 36.2 Å². The van der Waals surface area contributed by atoms with Crippen molar-refractivity contribution in [2.45, 2.75) is 19.4 Å². The fourth-order valence-corrected chi connectivity index (χ4v) is 1.64. The van der Waals surface area contributed by atoms with Crippen molar-refractivity contribution in [2.24, 2.45) is 5.73 Å². The van der Waals surface area contributed by atoms with Gasteiger partial charge in [0.1, 0.15) is 0 Å². The maximum absolute atomic E-state index is 9.45. The molecule has 0 amide bonds. The fraction of sp³-hybridized carbons (Fsp3) is 0.231. The van der Waals surface area contributed by atoms with E-state index in [-0.39, 0.29) is 17.5 Å². The van der Waals surface area contributed by atoms with Crippen molar-refractivity contribution in [2.75, 3.05) is 0 Å². The number of phenols is 2. The second-order valence-electron chi connectivity index (χ2n) is 4.26. The van der Waals surface area contributed by atoms with Gasteiger partial charge in [0.05, 0.1) is 0 Å². The molecular weight excluding hydrogens is 230 g/mol. The normalized spacial score (nSPS) is 12.3. The minimum atomic E-state index is -0.186. The number of hydrogen-bond acceptors (Lipinski definition) is 5. The summed E-state index contributed by atoms with van der Waals surface area (Å²) in [6.45, 7) is 1.91. The van der Waals surface area contributed by atoms with Gasteiger partial charge in [0, 0.05) is 29.9 Å². The summed E-state index contributed by atoms with van der Waals surface area (Å²) in [5, 5.41) is 18.7. The van der Waals surface area contributed by atoms with E-state index < -0.39 is 0 Å². The lowest BCUT2D eigenvalue weighted by Crippen LogP contribution is -2.18. The Bertz CT molecular complexity index is 556. The summed E-state index contributed by atoms with van der Waals surface area (Å²) in [6.07, 6.45) is 2.32. The van der Waals surface area contributed by atoms with Crippen molar-refractivity contribution < 1.29 is 10.2 Å². The van der Waals surface area contributed by atoms with Gasteiger partial charge in [-0.2, -0.15) is 0 Å². The number of benzene rings is 1. The molecule has 0 saturated carbocycles. The molecule has 5 heteroatoms. The molecule has 0 saturated heterocycles. The quantitative estimate of drug-likeness (QED) is 0.712. The lowest BCUT2D eigenvalue weighted by Gasteiger charge is -2.06. The molecule has 5 nitrogen and oxygen atoms in total. The molecule has 1 aromatic heterocycles. The third kappa shape index (κ3) is 2.75. The number of hydrogen-bond donors (Lipinski definition) is 3. The fourth-order valence-electron chi connectivity index (χ4n) is 1.64. The molecule has 0 bridgehead atoms. The first-order valence-corrected chi connectivity index (χ1v) is 5.66. The SMILES string of the molecule is CC(N)Cc1ccnc(-c2ccc(O)c(O)c2)n1. The summed E-state index contributed by atoms with van der Waals surface area (Å²) < 4.78 is 0. The maximum atomic E-state index is 9.45. The minimum absolute atomic E-state index is 0.0287. The third-order valence-corrected chi connectivity index (χ3v) is 2.48. The molecule has 1 unspecified atom stereocenters. The monoisotopic (exact) mass is 245 g/mol. The van der Waals surface area contributed by atoms with Crippen LogP contribution in [0, 0.1) is 0 Å². The first kappa shape index (κ1) is 12.3. The topological polar surface area (TPSA) is 92.3 Å².